The van der Waals surface area contributed by atoms with Gasteiger partial charge < -0.3 is 20.1 Å². The molecule has 0 saturated carbocycles. The van der Waals surface area contributed by atoms with Crippen molar-refractivity contribution in [3.05, 3.63) is 88.9 Å². The number of pyridine rings is 1. The molecule has 0 radical (unpaired) electrons. The zero-order chi connectivity index (χ0) is 30.8. The number of ether oxygens (including phenoxy) is 2. The number of fused-ring (bicyclic) bond motifs is 1. The van der Waals surface area contributed by atoms with Crippen LogP contribution in [0.5, 0.6) is 17.2 Å². The molecule has 228 valence electrons. The molecular formula is C30H30FN7O5S. The van der Waals surface area contributed by atoms with Crippen LogP contribution in [0.4, 0.5) is 16.0 Å². The molecule has 4 heterocycles. The van der Waals surface area contributed by atoms with Crippen LogP contribution >= 0.6 is 0 Å². The van der Waals surface area contributed by atoms with E-state index in [1.165, 1.54) is 45.9 Å². The third-order valence-electron chi connectivity index (χ3n) is 7.12. The topological polar surface area (TPSA) is 142 Å². The normalized spacial score (nSPS) is 14.1. The highest BCUT2D eigenvalue weighted by Gasteiger charge is 2.22. The van der Waals surface area contributed by atoms with Crippen molar-refractivity contribution < 1.29 is 22.3 Å². The molecule has 44 heavy (non-hydrogen) atoms. The number of benzene rings is 2. The van der Waals surface area contributed by atoms with Crippen molar-refractivity contribution in [1.29, 1.82) is 0 Å². The number of hydrogen-bond acceptors (Lipinski definition) is 10. The molecule has 0 aliphatic carbocycles. The van der Waals surface area contributed by atoms with Gasteiger partial charge in [0.1, 0.15) is 28.1 Å². The molecular weight excluding hydrogens is 589 g/mol. The summed E-state index contributed by atoms with van der Waals surface area (Å²) in [6.45, 7) is 1.62. The molecule has 0 bridgehead atoms. The zero-order valence-electron chi connectivity index (χ0n) is 24.0. The van der Waals surface area contributed by atoms with Gasteiger partial charge in [-0.1, -0.05) is 12.1 Å². The lowest BCUT2D eigenvalue weighted by Gasteiger charge is -2.23. The van der Waals surface area contributed by atoms with Crippen LogP contribution in [0, 0.1) is 5.82 Å². The number of aromatic nitrogens is 5. The van der Waals surface area contributed by atoms with E-state index in [0.29, 0.717) is 11.1 Å². The summed E-state index contributed by atoms with van der Waals surface area (Å²) < 4.78 is 53.7. The molecule has 2 aromatic carbocycles. The van der Waals surface area contributed by atoms with Crippen molar-refractivity contribution in [2.75, 3.05) is 24.7 Å². The molecule has 2 N–H and O–H groups in total. The molecule has 3 aromatic heterocycles. The van der Waals surface area contributed by atoms with Crippen LogP contribution in [0.1, 0.15) is 18.5 Å². The Bertz CT molecular complexity index is 1990. The minimum absolute atomic E-state index is 0.0281. The average Bonchev–Trinajstić information content (AvgIpc) is 3.39. The Kier molecular flexibility index (Phi) is 8.01. The van der Waals surface area contributed by atoms with Gasteiger partial charge in [-0.25, -0.2) is 17.8 Å². The standard InChI is InChI=1S/C30H30FN7O5S/c1-37-18-27(44(2,40)41)24(36-37)17-38-28-19(15-26(29(38)39)43-25-6-4-3-5-23(25)31)16-33-30(35-28)34-20-7-9-21(10-8-20)42-22-11-13-32-14-12-22/h3-10,15-16,18,22,32H,11-14,17H2,1-2H3,(H,33,34,35). The molecule has 1 aliphatic rings. The van der Waals surface area contributed by atoms with Gasteiger partial charge in [0.15, 0.2) is 27.2 Å². The second-order valence-electron chi connectivity index (χ2n) is 10.5. The number of sulfone groups is 1. The summed E-state index contributed by atoms with van der Waals surface area (Å²) in [6, 6.07) is 14.5. The highest BCUT2D eigenvalue weighted by molar-refractivity contribution is 7.90. The van der Waals surface area contributed by atoms with Crippen molar-refractivity contribution in [1.82, 2.24) is 29.6 Å². The molecule has 0 unspecified atom stereocenters. The summed E-state index contributed by atoms with van der Waals surface area (Å²) >= 11 is 0. The Morgan fingerprint density at radius 3 is 2.57 bits per heavy atom. The number of para-hydroxylation sites is 1. The Morgan fingerprint density at radius 1 is 1.09 bits per heavy atom. The minimum atomic E-state index is -3.66. The van der Waals surface area contributed by atoms with Crippen molar-refractivity contribution in [2.24, 2.45) is 7.05 Å². The summed E-state index contributed by atoms with van der Waals surface area (Å²) in [5, 5.41) is 11.2. The Hall–Kier alpha value is -4.82. The predicted molar refractivity (Wildman–Crippen MR) is 162 cm³/mol. The first-order valence-corrected chi connectivity index (χ1v) is 15.8. The lowest BCUT2D eigenvalue weighted by Crippen LogP contribution is -2.34. The highest BCUT2D eigenvalue weighted by atomic mass is 32.2. The van der Waals surface area contributed by atoms with E-state index in [9.17, 15) is 17.6 Å². The van der Waals surface area contributed by atoms with Crippen LogP contribution in [0.3, 0.4) is 0 Å². The maximum atomic E-state index is 14.4. The van der Waals surface area contributed by atoms with Crippen molar-refractivity contribution >= 4 is 32.5 Å². The van der Waals surface area contributed by atoms with E-state index >= 15 is 0 Å². The van der Waals surface area contributed by atoms with Gasteiger partial charge in [-0.3, -0.25) is 14.0 Å². The van der Waals surface area contributed by atoms with E-state index < -0.39 is 21.2 Å². The quantitative estimate of drug-likeness (QED) is 0.250. The third-order valence-corrected chi connectivity index (χ3v) is 8.26. The van der Waals surface area contributed by atoms with Gasteiger partial charge in [-0.05, 0) is 68.4 Å². The average molecular weight is 620 g/mol. The molecule has 0 amide bonds. The van der Waals surface area contributed by atoms with Crippen molar-refractivity contribution in [2.45, 2.75) is 30.4 Å². The van der Waals surface area contributed by atoms with E-state index in [2.05, 4.69) is 25.7 Å². The fourth-order valence-corrected chi connectivity index (χ4v) is 5.87. The number of halogens is 1. The van der Waals surface area contributed by atoms with Crippen LogP contribution in [0.2, 0.25) is 0 Å². The van der Waals surface area contributed by atoms with Gasteiger partial charge >= 0.3 is 0 Å². The maximum absolute atomic E-state index is 14.4. The van der Waals surface area contributed by atoms with E-state index in [4.69, 9.17) is 9.47 Å². The summed E-state index contributed by atoms with van der Waals surface area (Å²) in [4.78, 5) is 22.7. The van der Waals surface area contributed by atoms with E-state index in [1.807, 2.05) is 24.3 Å². The van der Waals surface area contributed by atoms with Crippen LogP contribution < -0.4 is 25.7 Å². The monoisotopic (exact) mass is 619 g/mol. The molecule has 12 nitrogen and oxygen atoms in total. The zero-order valence-corrected chi connectivity index (χ0v) is 24.8. The second-order valence-corrected chi connectivity index (χ2v) is 12.5. The fourth-order valence-electron chi connectivity index (χ4n) is 4.99. The van der Waals surface area contributed by atoms with Crippen LogP contribution in [0.15, 0.2) is 76.7 Å². The van der Waals surface area contributed by atoms with E-state index in [1.54, 1.807) is 13.1 Å². The number of hydrogen-bond donors (Lipinski definition) is 2. The van der Waals surface area contributed by atoms with Gasteiger partial charge in [0.2, 0.25) is 5.95 Å². The maximum Gasteiger partial charge on any atom is 0.295 e. The number of anilines is 2. The highest BCUT2D eigenvalue weighted by Crippen LogP contribution is 2.27. The number of rotatable bonds is 9. The third kappa shape index (κ3) is 6.40. The minimum Gasteiger partial charge on any atom is -0.490 e. The molecule has 6 rings (SSSR count). The molecule has 1 aliphatic heterocycles. The molecule has 1 saturated heterocycles. The first-order chi connectivity index (χ1) is 21.1. The van der Waals surface area contributed by atoms with Gasteiger partial charge in [-0.15, -0.1) is 0 Å². The summed E-state index contributed by atoms with van der Waals surface area (Å²) in [6.07, 6.45) is 6.01. The first kappa shape index (κ1) is 29.3. The Morgan fingerprint density at radius 2 is 1.84 bits per heavy atom. The van der Waals surface area contributed by atoms with Gasteiger partial charge in [0.25, 0.3) is 5.56 Å². The molecule has 14 heteroatoms. The van der Waals surface area contributed by atoms with Crippen molar-refractivity contribution in [3.8, 4) is 17.2 Å². The van der Waals surface area contributed by atoms with Gasteiger partial charge in [0, 0.05) is 36.8 Å². The molecule has 5 aromatic rings. The second kappa shape index (κ2) is 12.1. The van der Waals surface area contributed by atoms with Gasteiger partial charge in [-0.2, -0.15) is 10.1 Å². The number of aryl methyl sites for hydroxylation is 1. The lowest BCUT2D eigenvalue weighted by atomic mass is 10.1. The van der Waals surface area contributed by atoms with E-state index in [0.717, 1.165) is 37.9 Å². The summed E-state index contributed by atoms with van der Waals surface area (Å²) in [5.74, 6) is -0.0180. The van der Waals surface area contributed by atoms with Crippen LogP contribution in [-0.4, -0.2) is 58.2 Å². The SMILES string of the molecule is Cn1cc(S(C)(=O)=O)c(Cn2c(=O)c(Oc3ccccc3F)cc3cnc(Nc4ccc(OC5CCNCC5)cc4)nc32)n1. The Labute approximate surface area is 252 Å². The number of nitrogens with one attached hydrogen (secondary N) is 2. The Balaban J connectivity index is 1.36. The molecule has 0 atom stereocenters. The smallest absolute Gasteiger partial charge is 0.295 e. The van der Waals surface area contributed by atoms with E-state index in [-0.39, 0.29) is 46.3 Å². The first-order valence-electron chi connectivity index (χ1n) is 13.9. The summed E-state index contributed by atoms with van der Waals surface area (Å²) in [5.41, 5.74) is 0.373. The number of piperidine rings is 1. The van der Waals surface area contributed by atoms with Crippen LogP contribution in [0.25, 0.3) is 11.0 Å². The van der Waals surface area contributed by atoms with Crippen LogP contribution in [-0.2, 0) is 23.4 Å². The van der Waals surface area contributed by atoms with Crippen molar-refractivity contribution in [3.63, 3.8) is 0 Å². The largest absolute Gasteiger partial charge is 0.490 e. The molecule has 0 spiro atoms. The summed E-state index contributed by atoms with van der Waals surface area (Å²) in [7, 11) is -2.08. The molecule has 1 fully saturated rings. The number of nitrogens with zero attached hydrogens (tertiary/aromatic N) is 5. The fraction of sp³-hybridized carbons (Fsp3) is 0.267. The lowest BCUT2D eigenvalue weighted by molar-refractivity contribution is 0.162. The predicted octanol–water partition coefficient (Wildman–Crippen LogP) is 3.78. The van der Waals surface area contributed by atoms with Gasteiger partial charge in [0.05, 0.1) is 6.54 Å².